The number of rotatable bonds is 5. The molecule has 0 fully saturated rings. The Morgan fingerprint density at radius 3 is 2.34 bits per heavy atom. The zero-order valence-electron chi connectivity index (χ0n) is 17.3. The lowest BCUT2D eigenvalue weighted by Crippen LogP contribution is -2.10. The molecule has 0 N–H and O–H groups in total. The second-order valence-electron chi connectivity index (χ2n) is 7.17. The third kappa shape index (κ3) is 4.35. The van der Waals surface area contributed by atoms with E-state index in [9.17, 15) is 9.59 Å². The molecule has 0 aliphatic rings. The second-order valence-corrected chi connectivity index (χ2v) is 8.01. The van der Waals surface area contributed by atoms with Crippen LogP contribution in [0.5, 0.6) is 5.75 Å². The summed E-state index contributed by atoms with van der Waals surface area (Å²) in [7, 11) is 1.32. The van der Waals surface area contributed by atoms with Crippen molar-refractivity contribution < 1.29 is 18.7 Å². The monoisotopic (exact) mass is 468 g/mol. The van der Waals surface area contributed by atoms with Crippen LogP contribution in [0.25, 0.3) is 22.3 Å². The minimum Gasteiger partial charge on any atom is -0.481 e. The molecule has 0 saturated carbocycles. The fraction of sp³-hybridized carbons (Fsp3) is 0.120. The average Bonchev–Trinajstić information content (AvgIpc) is 2.80. The van der Waals surface area contributed by atoms with Gasteiger partial charge in [0.2, 0.25) is 11.2 Å². The Balaban J connectivity index is 1.77. The molecule has 4 aromatic rings. The van der Waals surface area contributed by atoms with E-state index in [2.05, 4.69) is 0 Å². The Labute approximate surface area is 194 Å². The summed E-state index contributed by atoms with van der Waals surface area (Å²) in [6.45, 7) is 1.93. The van der Waals surface area contributed by atoms with Crippen molar-refractivity contribution in [2.24, 2.45) is 0 Å². The molecular weight excluding hydrogens is 451 g/mol. The summed E-state index contributed by atoms with van der Waals surface area (Å²) >= 11 is 12.3. The van der Waals surface area contributed by atoms with Gasteiger partial charge in [-0.05, 0) is 66.6 Å². The number of carbonyl (C=O) groups excluding carboxylic acids is 1. The fourth-order valence-corrected chi connectivity index (χ4v) is 3.52. The van der Waals surface area contributed by atoms with E-state index in [4.69, 9.17) is 37.1 Å². The molecule has 0 aliphatic carbocycles. The fourth-order valence-electron chi connectivity index (χ4n) is 3.23. The van der Waals surface area contributed by atoms with Gasteiger partial charge in [0.05, 0.1) is 18.1 Å². The Morgan fingerprint density at radius 1 is 1.00 bits per heavy atom. The highest BCUT2D eigenvalue weighted by molar-refractivity contribution is 6.32. The second kappa shape index (κ2) is 9.07. The molecule has 0 unspecified atom stereocenters. The van der Waals surface area contributed by atoms with E-state index >= 15 is 0 Å². The molecule has 0 spiro atoms. The van der Waals surface area contributed by atoms with E-state index in [1.807, 2.05) is 6.92 Å². The lowest BCUT2D eigenvalue weighted by molar-refractivity contribution is 0.0600. The maximum absolute atomic E-state index is 13.3. The van der Waals surface area contributed by atoms with Gasteiger partial charge in [0.1, 0.15) is 12.2 Å². The van der Waals surface area contributed by atoms with Crippen LogP contribution in [0.3, 0.4) is 0 Å². The first-order chi connectivity index (χ1) is 15.4. The summed E-state index contributed by atoms with van der Waals surface area (Å²) in [4.78, 5) is 24.9. The van der Waals surface area contributed by atoms with E-state index in [1.165, 1.54) is 7.11 Å². The molecule has 0 saturated heterocycles. The summed E-state index contributed by atoms with van der Waals surface area (Å²) in [5.74, 6) is -0.0614. The summed E-state index contributed by atoms with van der Waals surface area (Å²) in [6, 6.07) is 17.0. The number of halogens is 2. The van der Waals surface area contributed by atoms with Crippen molar-refractivity contribution in [2.45, 2.75) is 13.5 Å². The van der Waals surface area contributed by atoms with Gasteiger partial charge >= 0.3 is 5.97 Å². The predicted octanol–water partition coefficient (Wildman–Crippen LogP) is 6.44. The zero-order chi connectivity index (χ0) is 22.8. The highest BCUT2D eigenvalue weighted by atomic mass is 35.5. The molecule has 1 aromatic heterocycles. The number of ether oxygens (including phenoxy) is 2. The predicted molar refractivity (Wildman–Crippen MR) is 125 cm³/mol. The van der Waals surface area contributed by atoms with Crippen molar-refractivity contribution in [3.8, 4) is 17.1 Å². The van der Waals surface area contributed by atoms with Crippen LogP contribution in [0.15, 0.2) is 69.9 Å². The van der Waals surface area contributed by atoms with Crippen molar-refractivity contribution in [3.05, 3.63) is 97.6 Å². The van der Waals surface area contributed by atoms with Crippen LogP contribution in [-0.2, 0) is 11.3 Å². The number of hydrogen-bond donors (Lipinski definition) is 0. The van der Waals surface area contributed by atoms with Crippen LogP contribution in [0.4, 0.5) is 0 Å². The minimum absolute atomic E-state index is 0.0665. The molecule has 0 amide bonds. The molecule has 4 rings (SSSR count). The highest BCUT2D eigenvalue weighted by Gasteiger charge is 2.19. The minimum atomic E-state index is -0.426. The highest BCUT2D eigenvalue weighted by Crippen LogP contribution is 2.33. The van der Waals surface area contributed by atoms with Gasteiger partial charge in [0, 0.05) is 15.6 Å². The number of carbonyl (C=O) groups is 1. The molecule has 0 bridgehead atoms. The third-order valence-electron chi connectivity index (χ3n) is 4.99. The first-order valence-corrected chi connectivity index (χ1v) is 10.5. The van der Waals surface area contributed by atoms with E-state index < -0.39 is 5.97 Å². The number of fused-ring (bicyclic) bond motifs is 1. The topological polar surface area (TPSA) is 65.7 Å². The normalized spacial score (nSPS) is 10.9. The average molecular weight is 469 g/mol. The number of aryl methyl sites for hydroxylation is 1. The van der Waals surface area contributed by atoms with Crippen LogP contribution in [-0.4, -0.2) is 13.1 Å². The van der Waals surface area contributed by atoms with Crippen molar-refractivity contribution >= 4 is 40.1 Å². The number of methoxy groups -OCH3 is 1. The van der Waals surface area contributed by atoms with E-state index in [0.29, 0.717) is 37.9 Å². The van der Waals surface area contributed by atoms with Crippen LogP contribution in [0.1, 0.15) is 21.5 Å². The molecule has 32 heavy (non-hydrogen) atoms. The number of benzene rings is 3. The number of hydrogen-bond acceptors (Lipinski definition) is 5. The summed E-state index contributed by atoms with van der Waals surface area (Å²) in [5, 5.41) is 1.36. The Morgan fingerprint density at radius 2 is 1.69 bits per heavy atom. The molecule has 3 aromatic carbocycles. The first-order valence-electron chi connectivity index (χ1n) is 9.70. The largest absolute Gasteiger partial charge is 0.481 e. The molecule has 7 heteroatoms. The number of esters is 1. The summed E-state index contributed by atoms with van der Waals surface area (Å²) in [6.07, 6.45) is 0. The summed E-state index contributed by atoms with van der Waals surface area (Å²) in [5.41, 5.74) is 2.72. The van der Waals surface area contributed by atoms with Crippen LogP contribution < -0.4 is 10.2 Å². The lowest BCUT2D eigenvalue weighted by Gasteiger charge is -2.13. The van der Waals surface area contributed by atoms with Crippen molar-refractivity contribution in [2.75, 3.05) is 7.11 Å². The van der Waals surface area contributed by atoms with Gasteiger partial charge in [0.25, 0.3) is 0 Å². The SMILES string of the molecule is COC(=O)c1ccc(COc2c(-c3ccc(Cl)cc3)oc3cc(C)c(Cl)cc3c2=O)cc1. The zero-order valence-corrected chi connectivity index (χ0v) is 18.8. The molecule has 0 atom stereocenters. The van der Waals surface area contributed by atoms with E-state index in [0.717, 1.165) is 11.1 Å². The van der Waals surface area contributed by atoms with Crippen molar-refractivity contribution in [1.82, 2.24) is 0 Å². The molecule has 162 valence electrons. The van der Waals surface area contributed by atoms with Crippen molar-refractivity contribution in [1.29, 1.82) is 0 Å². The van der Waals surface area contributed by atoms with E-state index in [1.54, 1.807) is 60.7 Å². The smallest absolute Gasteiger partial charge is 0.337 e. The van der Waals surface area contributed by atoms with E-state index in [-0.39, 0.29) is 17.8 Å². The van der Waals surface area contributed by atoms with Gasteiger partial charge < -0.3 is 13.9 Å². The Bertz CT molecular complexity index is 1360. The van der Waals surface area contributed by atoms with Crippen LogP contribution >= 0.6 is 23.2 Å². The van der Waals surface area contributed by atoms with Gasteiger partial charge in [-0.15, -0.1) is 0 Å². The quantitative estimate of drug-likeness (QED) is 0.315. The maximum atomic E-state index is 13.3. The van der Waals surface area contributed by atoms with Gasteiger partial charge in [-0.25, -0.2) is 4.79 Å². The lowest BCUT2D eigenvalue weighted by atomic mass is 10.1. The van der Waals surface area contributed by atoms with Gasteiger partial charge in [-0.2, -0.15) is 0 Å². The van der Waals surface area contributed by atoms with Crippen LogP contribution in [0.2, 0.25) is 10.0 Å². The van der Waals surface area contributed by atoms with Crippen LogP contribution in [0, 0.1) is 6.92 Å². The summed E-state index contributed by atoms with van der Waals surface area (Å²) < 4.78 is 16.8. The molecule has 5 nitrogen and oxygen atoms in total. The third-order valence-corrected chi connectivity index (χ3v) is 5.65. The standard InChI is InChI=1S/C25H18Cl2O5/c1-14-11-21-19(12-20(14)27)22(28)24(23(32-21)16-7-9-18(26)10-8-16)31-13-15-3-5-17(6-4-15)25(29)30-2/h3-12H,13H2,1-2H3. The maximum Gasteiger partial charge on any atom is 0.337 e. The first kappa shape index (κ1) is 21.9. The Kier molecular flexibility index (Phi) is 6.21. The van der Waals surface area contributed by atoms with Gasteiger partial charge in [0.15, 0.2) is 5.76 Å². The van der Waals surface area contributed by atoms with Gasteiger partial charge in [-0.1, -0.05) is 35.3 Å². The molecule has 0 radical (unpaired) electrons. The van der Waals surface area contributed by atoms with Gasteiger partial charge in [-0.3, -0.25) is 4.79 Å². The molecule has 0 aliphatic heterocycles. The molecular formula is C25H18Cl2O5. The van der Waals surface area contributed by atoms with Crippen molar-refractivity contribution in [3.63, 3.8) is 0 Å². The molecule has 1 heterocycles. The Hall–Kier alpha value is -3.28.